The van der Waals surface area contributed by atoms with E-state index in [-0.39, 0.29) is 12.5 Å². The summed E-state index contributed by atoms with van der Waals surface area (Å²) in [7, 11) is 0. The Hall–Kier alpha value is -2.43. The highest BCUT2D eigenvalue weighted by Gasteiger charge is 2.18. The average molecular weight is 919 g/mol. The van der Waals surface area contributed by atoms with Crippen molar-refractivity contribution in [1.29, 1.82) is 0 Å². The highest BCUT2D eigenvalue weighted by atomic mass is 16.3. The number of nitrogens with one attached hydrogen (secondary N) is 1. The van der Waals surface area contributed by atoms with E-state index in [4.69, 9.17) is 0 Å². The average Bonchev–Trinajstić information content (AvgIpc) is 3.32. The predicted octanol–water partition coefficient (Wildman–Crippen LogP) is 19.1. The van der Waals surface area contributed by atoms with E-state index in [2.05, 4.69) is 92.1 Å². The fourth-order valence-corrected chi connectivity index (χ4v) is 8.52. The van der Waals surface area contributed by atoms with Crippen molar-refractivity contribution in [2.45, 2.75) is 296 Å². The number of hydrogen-bond donors (Lipinski definition) is 3. The zero-order valence-corrected chi connectivity index (χ0v) is 43.9. The van der Waals surface area contributed by atoms with Gasteiger partial charge in [-0.3, -0.25) is 4.79 Å². The summed E-state index contributed by atoms with van der Waals surface area (Å²) < 4.78 is 0. The van der Waals surface area contributed by atoms with Gasteiger partial charge in [0.15, 0.2) is 0 Å². The SMILES string of the molecule is CC/C=C\C/C=C\C/C=C\C/C=C\C/C=C\CCCCCCCCCCCCCCCCCCCCCCCCCC(=O)NC(CO)C(O)/C=C/CC/C=C/CCCCCCCCCCC. The van der Waals surface area contributed by atoms with Gasteiger partial charge in [-0.25, -0.2) is 0 Å². The van der Waals surface area contributed by atoms with Gasteiger partial charge in [0.1, 0.15) is 0 Å². The fraction of sp³-hybridized carbons (Fsp3) is 0.758. The lowest BCUT2D eigenvalue weighted by Gasteiger charge is -2.19. The Kier molecular flexibility index (Phi) is 54.8. The zero-order chi connectivity index (χ0) is 47.7. The Morgan fingerprint density at radius 1 is 0.379 bits per heavy atom. The maximum absolute atomic E-state index is 12.4. The normalized spacial score (nSPS) is 13.5. The van der Waals surface area contributed by atoms with Gasteiger partial charge in [-0.1, -0.05) is 285 Å². The lowest BCUT2D eigenvalue weighted by molar-refractivity contribution is -0.123. The van der Waals surface area contributed by atoms with E-state index in [1.807, 2.05) is 6.08 Å². The van der Waals surface area contributed by atoms with Crippen molar-refractivity contribution in [3.05, 3.63) is 85.1 Å². The van der Waals surface area contributed by atoms with E-state index in [0.29, 0.717) is 6.42 Å². The molecular weight excluding hydrogens is 807 g/mol. The van der Waals surface area contributed by atoms with Gasteiger partial charge in [-0.15, -0.1) is 0 Å². The molecule has 0 saturated carbocycles. The molecule has 0 aromatic rings. The lowest BCUT2D eigenvalue weighted by atomic mass is 10.0. The second-order valence-corrected chi connectivity index (χ2v) is 19.3. The zero-order valence-electron chi connectivity index (χ0n) is 43.9. The van der Waals surface area contributed by atoms with E-state index in [9.17, 15) is 15.0 Å². The van der Waals surface area contributed by atoms with Crippen LogP contribution in [0.25, 0.3) is 0 Å². The largest absolute Gasteiger partial charge is 0.394 e. The van der Waals surface area contributed by atoms with Gasteiger partial charge in [-0.2, -0.15) is 0 Å². The molecule has 0 aliphatic carbocycles. The van der Waals surface area contributed by atoms with E-state index >= 15 is 0 Å². The van der Waals surface area contributed by atoms with E-state index in [1.54, 1.807) is 6.08 Å². The molecule has 0 aromatic carbocycles. The van der Waals surface area contributed by atoms with Gasteiger partial charge in [0.25, 0.3) is 0 Å². The molecule has 0 bridgehead atoms. The maximum Gasteiger partial charge on any atom is 0.220 e. The van der Waals surface area contributed by atoms with Gasteiger partial charge in [0.2, 0.25) is 5.91 Å². The van der Waals surface area contributed by atoms with Gasteiger partial charge in [0.05, 0.1) is 18.8 Å². The van der Waals surface area contributed by atoms with Gasteiger partial charge in [-0.05, 0) is 77.0 Å². The molecule has 382 valence electrons. The summed E-state index contributed by atoms with van der Waals surface area (Å²) in [6, 6.07) is -0.640. The van der Waals surface area contributed by atoms with Gasteiger partial charge >= 0.3 is 0 Å². The minimum atomic E-state index is -0.863. The molecule has 4 heteroatoms. The summed E-state index contributed by atoms with van der Waals surface area (Å²) >= 11 is 0. The number of rotatable bonds is 52. The minimum Gasteiger partial charge on any atom is -0.394 e. The highest BCUT2D eigenvalue weighted by molar-refractivity contribution is 5.76. The molecule has 0 radical (unpaired) electrons. The first kappa shape index (κ1) is 63.6. The third-order valence-electron chi connectivity index (χ3n) is 12.9. The van der Waals surface area contributed by atoms with Crippen molar-refractivity contribution in [1.82, 2.24) is 5.32 Å². The second-order valence-electron chi connectivity index (χ2n) is 19.3. The molecule has 0 aliphatic rings. The minimum absolute atomic E-state index is 0.0718. The molecule has 66 heavy (non-hydrogen) atoms. The molecule has 2 unspecified atom stereocenters. The van der Waals surface area contributed by atoms with Crippen molar-refractivity contribution in [3.8, 4) is 0 Å². The van der Waals surface area contributed by atoms with Crippen LogP contribution in [0.4, 0.5) is 0 Å². The second kappa shape index (κ2) is 56.9. The molecule has 0 aliphatic heterocycles. The van der Waals surface area contributed by atoms with Crippen LogP contribution in [0.3, 0.4) is 0 Å². The molecule has 0 saturated heterocycles. The predicted molar refractivity (Wildman–Crippen MR) is 294 cm³/mol. The monoisotopic (exact) mass is 918 g/mol. The van der Waals surface area contributed by atoms with Crippen molar-refractivity contribution in [3.63, 3.8) is 0 Å². The molecule has 2 atom stereocenters. The topological polar surface area (TPSA) is 69.6 Å². The van der Waals surface area contributed by atoms with Crippen molar-refractivity contribution in [2.75, 3.05) is 6.61 Å². The first-order valence-electron chi connectivity index (χ1n) is 28.8. The Bertz CT molecular complexity index is 1180. The molecule has 0 heterocycles. The van der Waals surface area contributed by atoms with Gasteiger partial charge < -0.3 is 15.5 Å². The maximum atomic E-state index is 12.4. The van der Waals surface area contributed by atoms with Crippen LogP contribution >= 0.6 is 0 Å². The summed E-state index contributed by atoms with van der Waals surface area (Å²) in [5.41, 5.74) is 0. The van der Waals surface area contributed by atoms with E-state index in [0.717, 1.165) is 64.2 Å². The number of aliphatic hydroxyl groups is 2. The molecule has 1 amide bonds. The van der Waals surface area contributed by atoms with Crippen LogP contribution in [0, 0.1) is 0 Å². The van der Waals surface area contributed by atoms with Gasteiger partial charge in [0, 0.05) is 6.42 Å². The third kappa shape index (κ3) is 52.5. The summed E-state index contributed by atoms with van der Waals surface area (Å²) in [6.07, 6.45) is 83.3. The number of aliphatic hydroxyl groups excluding tert-OH is 2. The van der Waals surface area contributed by atoms with Crippen LogP contribution in [-0.4, -0.2) is 34.9 Å². The summed E-state index contributed by atoms with van der Waals surface area (Å²) in [6.45, 7) is 4.19. The highest BCUT2D eigenvalue weighted by Crippen LogP contribution is 2.17. The number of unbranched alkanes of at least 4 members (excludes halogenated alkanes) is 33. The molecular formula is C62H111NO3. The smallest absolute Gasteiger partial charge is 0.220 e. The van der Waals surface area contributed by atoms with Crippen LogP contribution in [0.5, 0.6) is 0 Å². The first-order chi connectivity index (χ1) is 32.7. The Morgan fingerprint density at radius 3 is 1.06 bits per heavy atom. The summed E-state index contributed by atoms with van der Waals surface area (Å²) in [5.74, 6) is -0.0718. The molecule has 0 aromatic heterocycles. The van der Waals surface area contributed by atoms with Crippen LogP contribution in [0.1, 0.15) is 284 Å². The molecule has 0 spiro atoms. The molecule has 3 N–H and O–H groups in total. The Balaban J connectivity index is 3.45. The number of amides is 1. The van der Waals surface area contributed by atoms with Crippen LogP contribution in [0.15, 0.2) is 85.1 Å². The van der Waals surface area contributed by atoms with E-state index < -0.39 is 12.1 Å². The molecule has 0 rings (SSSR count). The van der Waals surface area contributed by atoms with Crippen molar-refractivity contribution in [2.24, 2.45) is 0 Å². The number of carbonyl (C=O) groups excluding carboxylic acids is 1. The fourth-order valence-electron chi connectivity index (χ4n) is 8.52. The third-order valence-corrected chi connectivity index (χ3v) is 12.9. The number of carbonyl (C=O) groups is 1. The standard InChI is InChI=1S/C62H111NO3/c1-3-5-7-9-11-13-15-17-19-20-21-22-23-24-25-26-27-28-29-30-31-32-33-34-35-36-37-38-39-40-41-42-44-46-48-50-52-54-56-58-62(66)63-60(59-64)61(65)57-55-53-51-49-47-45-43-18-16-14-12-10-8-6-4-2/h5,7,11,13,17,19,21-22,24-25,47,49,55,57,60-61,64-65H,3-4,6,8-10,12,14-16,18,20,23,26-46,48,50-54,56,58-59H2,1-2H3,(H,63,66)/b7-5-,13-11-,19-17-,22-21-,25-24-,49-47+,57-55+. The first-order valence-corrected chi connectivity index (χ1v) is 28.8. The number of allylic oxidation sites excluding steroid dienone is 13. The Labute approximate surface area is 411 Å². The molecule has 4 nitrogen and oxygen atoms in total. The van der Waals surface area contributed by atoms with Crippen LogP contribution < -0.4 is 5.32 Å². The summed E-state index contributed by atoms with van der Waals surface area (Å²) in [5, 5.41) is 23.1. The van der Waals surface area contributed by atoms with Crippen LogP contribution in [0.2, 0.25) is 0 Å². The van der Waals surface area contributed by atoms with Crippen molar-refractivity contribution < 1.29 is 15.0 Å². The van der Waals surface area contributed by atoms with Crippen LogP contribution in [-0.2, 0) is 4.79 Å². The van der Waals surface area contributed by atoms with Crippen molar-refractivity contribution >= 4 is 5.91 Å². The Morgan fingerprint density at radius 2 is 0.682 bits per heavy atom. The quantitative estimate of drug-likeness (QED) is 0.0421. The summed E-state index contributed by atoms with van der Waals surface area (Å²) in [4.78, 5) is 12.4. The number of hydrogen-bond acceptors (Lipinski definition) is 3. The molecule has 0 fully saturated rings. The van der Waals surface area contributed by atoms with E-state index in [1.165, 1.54) is 199 Å². The lowest BCUT2D eigenvalue weighted by Crippen LogP contribution is -2.45.